The number of hydrogen-bond acceptors (Lipinski definition) is 2. The van der Waals surface area contributed by atoms with Crippen LogP contribution in [0.1, 0.15) is 29.9 Å². The third-order valence-corrected chi connectivity index (χ3v) is 4.28. The fraction of sp³-hybridized carbons (Fsp3) is 0.333. The van der Waals surface area contributed by atoms with E-state index < -0.39 is 0 Å². The van der Waals surface area contributed by atoms with E-state index in [2.05, 4.69) is 54.3 Å². The third kappa shape index (κ3) is 2.79. The van der Waals surface area contributed by atoms with E-state index >= 15 is 0 Å². The van der Waals surface area contributed by atoms with E-state index in [1.165, 1.54) is 29.7 Å². The van der Waals surface area contributed by atoms with Gasteiger partial charge in [0, 0.05) is 24.5 Å². The lowest BCUT2D eigenvalue weighted by Gasteiger charge is -2.34. The van der Waals surface area contributed by atoms with Crippen LogP contribution in [0.2, 0.25) is 0 Å². The fourth-order valence-corrected chi connectivity index (χ4v) is 3.04. The van der Waals surface area contributed by atoms with Gasteiger partial charge in [-0.15, -0.1) is 0 Å². The molecule has 1 saturated heterocycles. The number of benzene rings is 2. The van der Waals surface area contributed by atoms with Gasteiger partial charge in [0.1, 0.15) is 0 Å². The van der Waals surface area contributed by atoms with Crippen LogP contribution in [0.4, 0.5) is 11.4 Å². The normalized spacial score (nSPS) is 16.4. The van der Waals surface area contributed by atoms with Gasteiger partial charge in [-0.1, -0.05) is 29.8 Å². The van der Waals surface area contributed by atoms with E-state index in [4.69, 9.17) is 5.73 Å². The van der Waals surface area contributed by atoms with E-state index in [0.29, 0.717) is 5.92 Å². The van der Waals surface area contributed by atoms with Crippen LogP contribution in [0.5, 0.6) is 0 Å². The number of piperidine rings is 1. The highest BCUT2D eigenvalue weighted by Crippen LogP contribution is 2.31. The van der Waals surface area contributed by atoms with E-state index in [-0.39, 0.29) is 0 Å². The van der Waals surface area contributed by atoms with Crippen molar-refractivity contribution in [3.63, 3.8) is 0 Å². The summed E-state index contributed by atoms with van der Waals surface area (Å²) in [6.07, 6.45) is 2.41. The van der Waals surface area contributed by atoms with Gasteiger partial charge < -0.3 is 10.6 Å². The quantitative estimate of drug-likeness (QED) is 0.834. The molecule has 104 valence electrons. The van der Waals surface area contributed by atoms with Gasteiger partial charge >= 0.3 is 0 Å². The maximum atomic E-state index is 5.89. The zero-order chi connectivity index (χ0) is 13.9. The lowest BCUT2D eigenvalue weighted by Crippen LogP contribution is -2.32. The number of hydrogen-bond donors (Lipinski definition) is 1. The molecule has 0 bridgehead atoms. The largest absolute Gasteiger partial charge is 0.399 e. The summed E-state index contributed by atoms with van der Waals surface area (Å²) in [4.78, 5) is 2.49. The molecule has 1 heterocycles. The Balaban J connectivity index is 1.66. The van der Waals surface area contributed by atoms with Crippen LogP contribution in [-0.2, 0) is 0 Å². The van der Waals surface area contributed by atoms with Gasteiger partial charge in [-0.05, 0) is 55.5 Å². The lowest BCUT2D eigenvalue weighted by atomic mass is 9.89. The van der Waals surface area contributed by atoms with Gasteiger partial charge in [0.25, 0.3) is 0 Å². The number of rotatable bonds is 2. The topological polar surface area (TPSA) is 29.3 Å². The van der Waals surface area contributed by atoms with Crippen LogP contribution in [-0.4, -0.2) is 13.1 Å². The van der Waals surface area contributed by atoms with Gasteiger partial charge in [-0.25, -0.2) is 0 Å². The van der Waals surface area contributed by atoms with Gasteiger partial charge in [0.2, 0.25) is 0 Å². The molecule has 20 heavy (non-hydrogen) atoms. The summed E-state index contributed by atoms with van der Waals surface area (Å²) in [6, 6.07) is 17.2. The average molecular weight is 266 g/mol. The molecule has 1 aliphatic rings. The van der Waals surface area contributed by atoms with Crippen LogP contribution < -0.4 is 10.6 Å². The monoisotopic (exact) mass is 266 g/mol. The van der Waals surface area contributed by atoms with Crippen LogP contribution in [0.3, 0.4) is 0 Å². The molecule has 0 saturated carbocycles. The molecule has 1 fully saturated rings. The van der Waals surface area contributed by atoms with Crippen molar-refractivity contribution >= 4 is 11.4 Å². The molecular weight excluding hydrogens is 244 g/mol. The molecule has 2 aromatic rings. The Labute approximate surface area is 121 Å². The van der Waals surface area contributed by atoms with Crippen LogP contribution in [0.15, 0.2) is 48.5 Å². The molecule has 2 N–H and O–H groups in total. The molecule has 0 amide bonds. The second-order valence-corrected chi connectivity index (χ2v) is 5.77. The zero-order valence-electron chi connectivity index (χ0n) is 12.0. The minimum absolute atomic E-state index is 0.653. The Morgan fingerprint density at radius 1 is 1.00 bits per heavy atom. The Morgan fingerprint density at radius 3 is 2.35 bits per heavy atom. The Kier molecular flexibility index (Phi) is 3.64. The van der Waals surface area contributed by atoms with E-state index in [1.54, 1.807) is 0 Å². The number of nitrogen functional groups attached to an aromatic ring is 1. The molecule has 0 atom stereocenters. The first kappa shape index (κ1) is 13.0. The molecule has 0 spiro atoms. The second kappa shape index (κ2) is 5.58. The summed E-state index contributed by atoms with van der Waals surface area (Å²) in [5.41, 5.74) is 10.8. The lowest BCUT2D eigenvalue weighted by molar-refractivity contribution is 0.505. The molecular formula is C18H22N2. The van der Waals surface area contributed by atoms with Crippen molar-refractivity contribution in [1.82, 2.24) is 0 Å². The Morgan fingerprint density at radius 2 is 1.70 bits per heavy atom. The van der Waals surface area contributed by atoms with Crippen LogP contribution in [0.25, 0.3) is 0 Å². The van der Waals surface area contributed by atoms with Gasteiger partial charge in [-0.2, -0.15) is 0 Å². The van der Waals surface area contributed by atoms with E-state index in [0.717, 1.165) is 18.8 Å². The molecule has 0 aliphatic carbocycles. The van der Waals surface area contributed by atoms with Crippen molar-refractivity contribution in [2.24, 2.45) is 0 Å². The van der Waals surface area contributed by atoms with Crippen molar-refractivity contribution in [2.75, 3.05) is 23.7 Å². The number of aryl methyl sites for hydroxylation is 1. The first-order valence-corrected chi connectivity index (χ1v) is 7.39. The Hall–Kier alpha value is -1.96. The van der Waals surface area contributed by atoms with E-state index in [1.807, 2.05) is 6.07 Å². The van der Waals surface area contributed by atoms with Crippen molar-refractivity contribution in [2.45, 2.75) is 25.7 Å². The summed E-state index contributed by atoms with van der Waals surface area (Å²) in [7, 11) is 0. The highest BCUT2D eigenvalue weighted by molar-refractivity contribution is 5.48. The predicted octanol–water partition coefficient (Wildman–Crippen LogP) is 3.96. The van der Waals surface area contributed by atoms with Crippen molar-refractivity contribution in [3.05, 3.63) is 59.7 Å². The summed E-state index contributed by atoms with van der Waals surface area (Å²) < 4.78 is 0. The summed E-state index contributed by atoms with van der Waals surface area (Å²) >= 11 is 0. The molecule has 0 aromatic heterocycles. The third-order valence-electron chi connectivity index (χ3n) is 4.28. The van der Waals surface area contributed by atoms with Gasteiger partial charge in [0.15, 0.2) is 0 Å². The van der Waals surface area contributed by atoms with Gasteiger partial charge in [-0.3, -0.25) is 0 Å². The van der Waals surface area contributed by atoms with E-state index in [9.17, 15) is 0 Å². The Bertz CT molecular complexity index is 566. The SMILES string of the molecule is Cc1ccc(N2CCC(c3cccc(N)c3)CC2)cc1. The minimum Gasteiger partial charge on any atom is -0.399 e. The maximum Gasteiger partial charge on any atom is 0.0366 e. The molecule has 0 radical (unpaired) electrons. The highest BCUT2D eigenvalue weighted by Gasteiger charge is 2.20. The van der Waals surface area contributed by atoms with Crippen LogP contribution in [0, 0.1) is 6.92 Å². The second-order valence-electron chi connectivity index (χ2n) is 5.77. The summed E-state index contributed by atoms with van der Waals surface area (Å²) in [5.74, 6) is 0.653. The highest BCUT2D eigenvalue weighted by atomic mass is 15.1. The first-order chi connectivity index (χ1) is 9.72. The molecule has 0 unspecified atom stereocenters. The average Bonchev–Trinajstić information content (AvgIpc) is 2.48. The minimum atomic E-state index is 0.653. The number of nitrogens with two attached hydrogens (primary N) is 1. The predicted molar refractivity (Wildman–Crippen MR) is 86.2 cm³/mol. The van der Waals surface area contributed by atoms with Crippen molar-refractivity contribution < 1.29 is 0 Å². The molecule has 2 aromatic carbocycles. The fourth-order valence-electron chi connectivity index (χ4n) is 3.04. The standard InChI is InChI=1S/C18H22N2/c1-14-5-7-18(8-6-14)20-11-9-15(10-12-20)16-3-2-4-17(19)13-16/h2-8,13,15H,9-12,19H2,1H3. The van der Waals surface area contributed by atoms with Crippen molar-refractivity contribution in [1.29, 1.82) is 0 Å². The summed E-state index contributed by atoms with van der Waals surface area (Å²) in [6.45, 7) is 4.39. The summed E-state index contributed by atoms with van der Waals surface area (Å²) in [5, 5.41) is 0. The van der Waals surface area contributed by atoms with Gasteiger partial charge in [0.05, 0.1) is 0 Å². The maximum absolute atomic E-state index is 5.89. The molecule has 1 aliphatic heterocycles. The smallest absolute Gasteiger partial charge is 0.0366 e. The molecule has 2 heteroatoms. The molecule has 3 rings (SSSR count). The molecule has 2 nitrogen and oxygen atoms in total. The first-order valence-electron chi connectivity index (χ1n) is 7.39. The zero-order valence-corrected chi connectivity index (χ0v) is 12.0. The number of nitrogens with zero attached hydrogens (tertiary/aromatic N) is 1. The van der Waals surface area contributed by atoms with Crippen molar-refractivity contribution in [3.8, 4) is 0 Å². The number of anilines is 2. The van der Waals surface area contributed by atoms with Crippen LogP contribution >= 0.6 is 0 Å².